The van der Waals surface area contributed by atoms with E-state index in [0.717, 1.165) is 64.8 Å². The first-order chi connectivity index (χ1) is 36.3. The molecule has 0 radical (unpaired) electrons. The minimum absolute atomic E-state index is 0.0182. The van der Waals surface area contributed by atoms with Crippen molar-refractivity contribution in [3.05, 3.63) is 221 Å². The molecule has 3 heterocycles. The molecule has 6 aromatic carbocycles. The first kappa shape index (κ1) is 51.5. The third kappa shape index (κ3) is 10.6. The van der Waals surface area contributed by atoms with Gasteiger partial charge in [-0.3, -0.25) is 4.79 Å². The molecule has 1 aliphatic heterocycles. The number of rotatable bonds is 23. The number of nitrogens with one attached hydrogen (secondary N) is 1. The van der Waals surface area contributed by atoms with Gasteiger partial charge in [0.2, 0.25) is 5.28 Å². The lowest BCUT2D eigenvalue weighted by Crippen LogP contribution is -2.49. The number of ether oxygens (including phenoxy) is 5. The molecular formula is C63H63ClN4O6. The molecule has 0 unspecified atom stereocenters. The van der Waals surface area contributed by atoms with Crippen molar-refractivity contribution in [1.82, 2.24) is 14.5 Å². The van der Waals surface area contributed by atoms with E-state index in [0.29, 0.717) is 22.6 Å². The van der Waals surface area contributed by atoms with E-state index in [9.17, 15) is 4.79 Å². The van der Waals surface area contributed by atoms with Crippen LogP contribution in [0.3, 0.4) is 0 Å². The highest BCUT2D eigenvalue weighted by atomic mass is 35.5. The second-order valence-electron chi connectivity index (χ2n) is 18.8. The number of fused-ring (bicyclic) bond motifs is 1. The number of anilines is 1. The molecule has 0 aliphatic carbocycles. The van der Waals surface area contributed by atoms with Crippen LogP contribution >= 0.6 is 11.6 Å². The van der Waals surface area contributed by atoms with Crippen LogP contribution in [0.1, 0.15) is 104 Å². The second-order valence-corrected chi connectivity index (χ2v) is 19.1. The van der Waals surface area contributed by atoms with Crippen molar-refractivity contribution < 1.29 is 28.5 Å². The van der Waals surface area contributed by atoms with E-state index in [4.69, 9.17) is 51.7 Å². The SMILES string of the molecule is C#C[C@]1(COC(=O)CCCCCCCCC)O[C@@H](n2ccc3c(NC(c4ccccc4)(c4ccccc4)c4ccc(OC)cc4)nc(Cl)nc32)C[C@@H]1OC(c1ccccc1)(c1ccccc1)c1ccc(OC)cc1. The highest BCUT2D eigenvalue weighted by molar-refractivity contribution is 6.28. The van der Waals surface area contributed by atoms with E-state index >= 15 is 0 Å². The summed E-state index contributed by atoms with van der Waals surface area (Å²) >= 11 is 7.00. The molecule has 11 heteroatoms. The Labute approximate surface area is 440 Å². The van der Waals surface area contributed by atoms with Gasteiger partial charge in [0.25, 0.3) is 0 Å². The van der Waals surface area contributed by atoms with E-state index in [2.05, 4.69) is 54.6 Å². The summed E-state index contributed by atoms with van der Waals surface area (Å²) in [6, 6.07) is 58.5. The molecule has 0 saturated carbocycles. The number of methoxy groups -OCH3 is 2. The fourth-order valence-corrected chi connectivity index (χ4v) is 10.5. The zero-order valence-electron chi connectivity index (χ0n) is 42.3. The van der Waals surface area contributed by atoms with Crippen molar-refractivity contribution in [3.8, 4) is 23.8 Å². The number of nitrogens with zero attached hydrogens (tertiary/aromatic N) is 3. The van der Waals surface area contributed by atoms with Crippen molar-refractivity contribution >= 4 is 34.4 Å². The largest absolute Gasteiger partial charge is 0.497 e. The van der Waals surface area contributed by atoms with Gasteiger partial charge >= 0.3 is 5.97 Å². The standard InChI is InChI=1S/C63H63ClN4O6/c1-5-7-8-9-10-11-24-33-57(69)72-45-61(6-2)55(73-63(49-29-20-14-21-30-49,50-31-22-15-23-32-50)51-36-40-53(71-4)41-37-51)44-56(74-61)68-43-42-54-58(65-60(64)66-59(54)68)67-62(46-25-16-12-17-26-46,47-27-18-13-19-28-47)48-34-38-52(70-3)39-35-48/h2,12-23,25-32,34-43,55-56H,5,7-11,24,33,44-45H2,1,3-4H3,(H,65,66,67)/t55-,56+,61+/m0/s1. The number of halogens is 1. The maximum absolute atomic E-state index is 13.7. The Hall–Kier alpha value is -7.42. The lowest BCUT2D eigenvalue weighted by atomic mass is 9.77. The first-order valence-corrected chi connectivity index (χ1v) is 26.0. The third-order valence-electron chi connectivity index (χ3n) is 14.2. The average Bonchev–Trinajstić information content (AvgIpc) is 4.08. The lowest BCUT2D eigenvalue weighted by Gasteiger charge is -2.41. The van der Waals surface area contributed by atoms with Gasteiger partial charge in [0, 0.05) is 19.0 Å². The van der Waals surface area contributed by atoms with Crippen molar-refractivity contribution in [3.63, 3.8) is 0 Å². The van der Waals surface area contributed by atoms with Crippen LogP contribution < -0.4 is 14.8 Å². The molecule has 2 aromatic heterocycles. The van der Waals surface area contributed by atoms with Gasteiger partial charge in [-0.2, -0.15) is 4.98 Å². The summed E-state index contributed by atoms with van der Waals surface area (Å²) in [5.74, 6) is 4.56. The van der Waals surface area contributed by atoms with Crippen LogP contribution in [-0.2, 0) is 30.1 Å². The Morgan fingerprint density at radius 1 is 0.689 bits per heavy atom. The number of hydrogen-bond acceptors (Lipinski definition) is 9. The number of carbonyl (C=O) groups excluding carboxylic acids is 1. The molecule has 9 rings (SSSR count). The van der Waals surface area contributed by atoms with Crippen molar-refractivity contribution in [2.45, 2.75) is 93.8 Å². The predicted molar refractivity (Wildman–Crippen MR) is 292 cm³/mol. The van der Waals surface area contributed by atoms with Gasteiger partial charge in [0.1, 0.15) is 53.0 Å². The molecule has 74 heavy (non-hydrogen) atoms. The Bertz CT molecular complexity index is 3030. The number of benzene rings is 6. The van der Waals surface area contributed by atoms with E-state index in [1.54, 1.807) is 14.2 Å². The number of terminal acetylenes is 1. The maximum atomic E-state index is 13.7. The van der Waals surface area contributed by atoms with E-state index in [-0.39, 0.29) is 30.7 Å². The third-order valence-corrected chi connectivity index (χ3v) is 14.4. The normalized spacial score (nSPS) is 16.6. The smallest absolute Gasteiger partial charge is 0.305 e. The first-order valence-electron chi connectivity index (χ1n) is 25.6. The maximum Gasteiger partial charge on any atom is 0.305 e. The van der Waals surface area contributed by atoms with Gasteiger partial charge in [-0.05, 0) is 81.7 Å². The van der Waals surface area contributed by atoms with Crippen LogP contribution in [0, 0.1) is 12.3 Å². The Balaban J connectivity index is 1.14. The van der Waals surface area contributed by atoms with E-state index in [1.807, 2.05) is 150 Å². The van der Waals surface area contributed by atoms with Gasteiger partial charge < -0.3 is 33.6 Å². The highest BCUT2D eigenvalue weighted by Crippen LogP contribution is 2.49. The summed E-state index contributed by atoms with van der Waals surface area (Å²) in [4.78, 5) is 23.4. The van der Waals surface area contributed by atoms with Crippen molar-refractivity contribution in [2.75, 3.05) is 26.1 Å². The van der Waals surface area contributed by atoms with Crippen LogP contribution in [0.2, 0.25) is 5.28 Å². The highest BCUT2D eigenvalue weighted by Gasteiger charge is 2.55. The minimum atomic E-state index is -1.57. The summed E-state index contributed by atoms with van der Waals surface area (Å²) in [7, 11) is 3.30. The molecule has 8 aromatic rings. The Morgan fingerprint density at radius 2 is 1.18 bits per heavy atom. The van der Waals surface area contributed by atoms with Gasteiger partial charge in [-0.15, -0.1) is 6.42 Å². The number of hydrogen-bond donors (Lipinski definition) is 1. The van der Waals surface area contributed by atoms with Gasteiger partial charge in [0.05, 0.1) is 19.6 Å². The van der Waals surface area contributed by atoms with E-state index in [1.165, 1.54) is 19.3 Å². The molecule has 1 N–H and O–H groups in total. The molecule has 0 bridgehead atoms. The summed E-state index contributed by atoms with van der Waals surface area (Å²) in [5, 5.41) is 4.61. The lowest BCUT2D eigenvalue weighted by molar-refractivity contribution is -0.165. The van der Waals surface area contributed by atoms with Crippen LogP contribution in [0.5, 0.6) is 11.5 Å². The Kier molecular flexibility index (Phi) is 16.4. The summed E-state index contributed by atoms with van der Waals surface area (Å²) < 4.78 is 34.2. The number of aromatic nitrogens is 3. The zero-order chi connectivity index (χ0) is 51.4. The molecule has 1 aliphatic rings. The number of esters is 1. The molecule has 1 fully saturated rings. The predicted octanol–water partition coefficient (Wildman–Crippen LogP) is 13.9. The van der Waals surface area contributed by atoms with Crippen molar-refractivity contribution in [1.29, 1.82) is 0 Å². The van der Waals surface area contributed by atoms with Gasteiger partial charge in [-0.1, -0.05) is 197 Å². The zero-order valence-corrected chi connectivity index (χ0v) is 43.0. The minimum Gasteiger partial charge on any atom is -0.497 e. The van der Waals surface area contributed by atoms with Crippen molar-refractivity contribution in [2.24, 2.45) is 0 Å². The molecule has 10 nitrogen and oxygen atoms in total. The van der Waals surface area contributed by atoms with Crippen LogP contribution in [0.25, 0.3) is 11.0 Å². The fraction of sp³-hybridized carbons (Fsp3) is 0.286. The van der Waals surface area contributed by atoms with Crippen LogP contribution in [-0.4, -0.2) is 53.0 Å². The van der Waals surface area contributed by atoms with E-state index < -0.39 is 29.1 Å². The quantitative estimate of drug-likeness (QED) is 0.0220. The monoisotopic (exact) mass is 1010 g/mol. The summed E-state index contributed by atoms with van der Waals surface area (Å²) in [5.41, 5.74) is 2.16. The molecule has 0 amide bonds. The summed E-state index contributed by atoms with van der Waals surface area (Å²) in [6.45, 7) is 1.96. The molecule has 3 atom stereocenters. The summed E-state index contributed by atoms with van der Waals surface area (Å²) in [6.07, 6.45) is 15.0. The second kappa shape index (κ2) is 23.6. The van der Waals surface area contributed by atoms with Gasteiger partial charge in [-0.25, -0.2) is 4.98 Å². The molecule has 1 saturated heterocycles. The fourth-order valence-electron chi connectivity index (χ4n) is 10.4. The molecule has 0 spiro atoms. The average molecular weight is 1010 g/mol. The number of carbonyl (C=O) groups is 1. The molecule has 378 valence electrons. The van der Waals surface area contributed by atoms with Crippen LogP contribution in [0.15, 0.2) is 182 Å². The van der Waals surface area contributed by atoms with Crippen LogP contribution in [0.4, 0.5) is 5.82 Å². The molecular weight excluding hydrogens is 944 g/mol. The number of unbranched alkanes of at least 4 members (excludes halogenated alkanes) is 6. The Morgan fingerprint density at radius 3 is 1.70 bits per heavy atom. The topological polar surface area (TPSA) is 106 Å². The van der Waals surface area contributed by atoms with Gasteiger partial charge in [0.15, 0.2) is 5.60 Å².